The van der Waals surface area contributed by atoms with Crippen LogP contribution in [0.15, 0.2) is 58.0 Å². The van der Waals surface area contributed by atoms with Crippen LogP contribution in [0.5, 0.6) is 5.75 Å². The van der Waals surface area contributed by atoms with Gasteiger partial charge in [0.25, 0.3) is 0 Å². The lowest BCUT2D eigenvalue weighted by Gasteiger charge is -2.34. The number of nitrogens with zero attached hydrogens (tertiary/aromatic N) is 2. The van der Waals surface area contributed by atoms with Gasteiger partial charge in [0.1, 0.15) is 17.1 Å². The number of fused-ring (bicyclic) bond motifs is 1. The molecule has 0 radical (unpaired) electrons. The number of ether oxygens (including phenoxy) is 1. The van der Waals surface area contributed by atoms with Gasteiger partial charge in [0.05, 0.1) is 18.9 Å². The number of amidine groups is 1. The summed E-state index contributed by atoms with van der Waals surface area (Å²) >= 11 is 9.18. The van der Waals surface area contributed by atoms with E-state index in [2.05, 4.69) is 21.2 Å². The van der Waals surface area contributed by atoms with Gasteiger partial charge in [0.15, 0.2) is 14.9 Å². The van der Waals surface area contributed by atoms with Crippen LogP contribution in [-0.4, -0.2) is 56.0 Å². The van der Waals surface area contributed by atoms with Gasteiger partial charge in [-0.3, -0.25) is 4.99 Å². The van der Waals surface area contributed by atoms with Crippen molar-refractivity contribution in [2.24, 2.45) is 4.99 Å². The van der Waals surface area contributed by atoms with Crippen LogP contribution in [0.3, 0.4) is 0 Å². The topological polar surface area (TPSA) is 71.0 Å². The van der Waals surface area contributed by atoms with Crippen molar-refractivity contribution in [1.29, 1.82) is 0 Å². The fraction of sp³-hybridized carbons (Fsp3) is 0.300. The highest BCUT2D eigenvalue weighted by molar-refractivity contribution is 9.10. The fourth-order valence-electron chi connectivity index (χ4n) is 3.81. The summed E-state index contributed by atoms with van der Waals surface area (Å²) in [4.78, 5) is 6.55. The molecule has 2 aliphatic heterocycles. The Morgan fingerprint density at radius 2 is 1.97 bits per heavy atom. The molecule has 6 nitrogen and oxygen atoms in total. The van der Waals surface area contributed by atoms with Gasteiger partial charge >= 0.3 is 0 Å². The van der Waals surface area contributed by atoms with Gasteiger partial charge in [-0.1, -0.05) is 40.2 Å². The summed E-state index contributed by atoms with van der Waals surface area (Å²) in [6.07, 6.45) is 1.25. The van der Waals surface area contributed by atoms with Crippen LogP contribution < -0.4 is 10.1 Å². The first kappa shape index (κ1) is 20.3. The van der Waals surface area contributed by atoms with Crippen molar-refractivity contribution >= 4 is 48.9 Å². The minimum atomic E-state index is -3.23. The maximum Gasteiger partial charge on any atom is 0.175 e. The van der Waals surface area contributed by atoms with E-state index < -0.39 is 20.6 Å². The molecule has 0 amide bonds. The number of rotatable bonds is 4. The molecule has 0 aliphatic carbocycles. The monoisotopic (exact) mass is 493 g/mol. The minimum Gasteiger partial charge on any atom is -0.497 e. The Hall–Kier alpha value is -1.97. The maximum atomic E-state index is 12.1. The van der Waals surface area contributed by atoms with Gasteiger partial charge in [0, 0.05) is 17.3 Å². The van der Waals surface area contributed by atoms with Crippen molar-refractivity contribution in [3.8, 4) is 5.75 Å². The number of sulfone groups is 1. The van der Waals surface area contributed by atoms with E-state index in [0.29, 0.717) is 10.9 Å². The average Bonchev–Trinajstić information content (AvgIpc) is 3.00. The van der Waals surface area contributed by atoms with E-state index in [1.54, 1.807) is 7.11 Å². The first-order valence-electron chi connectivity index (χ1n) is 9.00. The van der Waals surface area contributed by atoms with Crippen LogP contribution in [0.1, 0.15) is 11.1 Å². The third-order valence-corrected chi connectivity index (χ3v) is 7.67. The molecule has 29 heavy (non-hydrogen) atoms. The highest BCUT2D eigenvalue weighted by Crippen LogP contribution is 2.40. The van der Waals surface area contributed by atoms with Crippen molar-refractivity contribution in [1.82, 2.24) is 10.2 Å². The SMILES string of the molecule is COc1ccc(C2(c3cccc(Br)c3)NC(=S)N3CC(S(C)(=O)=O)CN=C32)cc1. The second-order valence-corrected chi connectivity index (χ2v) is 10.8. The van der Waals surface area contributed by atoms with E-state index in [0.717, 1.165) is 21.3 Å². The van der Waals surface area contributed by atoms with Crippen LogP contribution in [0.2, 0.25) is 0 Å². The van der Waals surface area contributed by atoms with Crippen molar-refractivity contribution in [3.05, 3.63) is 64.1 Å². The zero-order valence-corrected chi connectivity index (χ0v) is 19.1. The number of thiocarbonyl (C=S) groups is 1. The molecule has 2 heterocycles. The van der Waals surface area contributed by atoms with E-state index in [9.17, 15) is 8.42 Å². The first-order valence-corrected chi connectivity index (χ1v) is 12.2. The van der Waals surface area contributed by atoms with Crippen LogP contribution in [0.4, 0.5) is 0 Å². The summed E-state index contributed by atoms with van der Waals surface area (Å²) in [6, 6.07) is 15.7. The van der Waals surface area contributed by atoms with Crippen LogP contribution >= 0.6 is 28.1 Å². The normalized spacial score (nSPS) is 24.0. The molecular formula is C20H20BrN3O3S2. The van der Waals surface area contributed by atoms with E-state index in [1.165, 1.54) is 6.26 Å². The third-order valence-electron chi connectivity index (χ3n) is 5.35. The molecular weight excluding hydrogens is 474 g/mol. The van der Waals surface area contributed by atoms with E-state index in [1.807, 2.05) is 53.4 Å². The molecule has 152 valence electrons. The van der Waals surface area contributed by atoms with Crippen molar-refractivity contribution in [3.63, 3.8) is 0 Å². The number of hydrogen-bond acceptors (Lipinski definition) is 5. The Labute approximate surface area is 184 Å². The number of nitrogens with one attached hydrogen (secondary N) is 1. The van der Waals surface area contributed by atoms with Crippen LogP contribution in [-0.2, 0) is 15.4 Å². The predicted octanol–water partition coefficient (Wildman–Crippen LogP) is 2.72. The quantitative estimate of drug-likeness (QED) is 0.660. The van der Waals surface area contributed by atoms with Gasteiger partial charge in [-0.2, -0.15) is 0 Å². The molecule has 0 spiro atoms. The molecule has 0 saturated carbocycles. The summed E-state index contributed by atoms with van der Waals surface area (Å²) in [5.74, 6) is 1.46. The van der Waals surface area contributed by atoms with Crippen molar-refractivity contribution < 1.29 is 13.2 Å². The molecule has 0 bridgehead atoms. The Morgan fingerprint density at radius 3 is 2.59 bits per heavy atom. The van der Waals surface area contributed by atoms with E-state index in [-0.39, 0.29) is 13.1 Å². The molecule has 2 atom stereocenters. The second-order valence-electron chi connectivity index (χ2n) is 7.15. The Kier molecular flexibility index (Phi) is 5.16. The highest BCUT2D eigenvalue weighted by Gasteiger charge is 2.52. The predicted molar refractivity (Wildman–Crippen MR) is 121 cm³/mol. The summed E-state index contributed by atoms with van der Waals surface area (Å²) in [5.41, 5.74) is 1.09. The number of benzene rings is 2. The zero-order chi connectivity index (χ0) is 20.8. The molecule has 0 aromatic heterocycles. The summed E-state index contributed by atoms with van der Waals surface area (Å²) in [5, 5.41) is 3.33. The molecule has 2 aromatic carbocycles. The van der Waals surface area contributed by atoms with Gasteiger partial charge in [-0.15, -0.1) is 0 Å². The third kappa shape index (κ3) is 3.45. The standard InChI is InChI=1S/C20H20BrN3O3S2/c1-27-16-8-6-13(7-9-16)20(14-4-3-5-15(21)10-14)18-22-11-17(29(2,25)26)12-24(18)19(28)23-20/h3-10,17H,11-12H2,1-2H3,(H,23,28). The molecule has 2 aromatic rings. The Bertz CT molecular complexity index is 1100. The molecule has 1 saturated heterocycles. The number of methoxy groups -OCH3 is 1. The average molecular weight is 494 g/mol. The van der Waals surface area contributed by atoms with Gasteiger partial charge < -0.3 is 15.0 Å². The van der Waals surface area contributed by atoms with Gasteiger partial charge in [-0.05, 0) is 47.6 Å². The number of aliphatic imine (C=N–C) groups is 1. The maximum absolute atomic E-state index is 12.1. The molecule has 4 rings (SSSR count). The van der Waals surface area contributed by atoms with E-state index in [4.69, 9.17) is 21.9 Å². The van der Waals surface area contributed by atoms with Gasteiger partial charge in [0.2, 0.25) is 0 Å². The minimum absolute atomic E-state index is 0.209. The Balaban J connectivity index is 1.92. The van der Waals surface area contributed by atoms with E-state index >= 15 is 0 Å². The van der Waals surface area contributed by atoms with Crippen LogP contribution in [0, 0.1) is 0 Å². The molecule has 1 N–H and O–H groups in total. The smallest absolute Gasteiger partial charge is 0.175 e. The lowest BCUT2D eigenvalue weighted by Crippen LogP contribution is -2.49. The largest absolute Gasteiger partial charge is 0.497 e. The number of halogens is 1. The fourth-order valence-corrected chi connectivity index (χ4v) is 5.29. The van der Waals surface area contributed by atoms with Crippen molar-refractivity contribution in [2.75, 3.05) is 26.5 Å². The van der Waals surface area contributed by atoms with Crippen LogP contribution in [0.25, 0.3) is 0 Å². The summed E-state index contributed by atoms with van der Waals surface area (Å²) < 4.78 is 30.5. The molecule has 9 heteroatoms. The highest BCUT2D eigenvalue weighted by atomic mass is 79.9. The lowest BCUT2D eigenvalue weighted by molar-refractivity contribution is 0.414. The molecule has 2 aliphatic rings. The first-order chi connectivity index (χ1) is 13.8. The number of hydrogen-bond donors (Lipinski definition) is 1. The molecule has 2 unspecified atom stereocenters. The summed E-state index contributed by atoms with van der Waals surface area (Å²) in [6.45, 7) is 0.496. The lowest BCUT2D eigenvalue weighted by atomic mass is 9.82. The van der Waals surface area contributed by atoms with Gasteiger partial charge in [-0.25, -0.2) is 8.42 Å². The van der Waals surface area contributed by atoms with Crippen molar-refractivity contribution in [2.45, 2.75) is 10.8 Å². The Morgan fingerprint density at radius 1 is 1.24 bits per heavy atom. The zero-order valence-electron chi connectivity index (χ0n) is 15.9. The second kappa shape index (κ2) is 7.37. The molecule has 1 fully saturated rings. The summed E-state index contributed by atoms with van der Waals surface area (Å²) in [7, 11) is -1.61.